The van der Waals surface area contributed by atoms with E-state index in [1.54, 1.807) is 14.0 Å². The topological polar surface area (TPSA) is 106 Å². The van der Waals surface area contributed by atoms with Crippen LogP contribution in [0.2, 0.25) is 0 Å². The predicted molar refractivity (Wildman–Crippen MR) is 139 cm³/mol. The Kier molecular flexibility index (Phi) is 8.81. The standard InChI is InChI=1S/C28H45N3O5/c1-4-31(14-16-34-3)15-17-35-21-11-13-25-22(18-21)23-19-28(23,36-25)27(2,33)30-24(26(29)32)12-10-20-8-6-5-7-9-20/h11,13,18,20,23-24,30,33H,4-10,12,14-17,19H2,1-3H3,(H2,29,32)/t23?,24-,27?,28?/m0/s1. The summed E-state index contributed by atoms with van der Waals surface area (Å²) in [6.45, 7) is 7.81. The number of primary amides is 1. The lowest BCUT2D eigenvalue weighted by molar-refractivity contribution is -0.128. The molecule has 36 heavy (non-hydrogen) atoms. The molecule has 2 aliphatic carbocycles. The van der Waals surface area contributed by atoms with Gasteiger partial charge in [0.05, 0.1) is 12.6 Å². The molecule has 1 amide bonds. The summed E-state index contributed by atoms with van der Waals surface area (Å²) < 4.78 is 17.5. The Morgan fingerprint density at radius 1 is 1.31 bits per heavy atom. The van der Waals surface area contributed by atoms with Crippen LogP contribution in [0.5, 0.6) is 11.5 Å². The molecule has 1 aliphatic heterocycles. The van der Waals surface area contributed by atoms with Gasteiger partial charge in [-0.3, -0.25) is 15.0 Å². The number of methoxy groups -OCH3 is 1. The van der Waals surface area contributed by atoms with Crippen molar-refractivity contribution < 1.29 is 24.1 Å². The zero-order valence-electron chi connectivity index (χ0n) is 22.3. The molecule has 1 aromatic carbocycles. The Labute approximate surface area is 215 Å². The van der Waals surface area contributed by atoms with Gasteiger partial charge in [0.15, 0.2) is 11.3 Å². The van der Waals surface area contributed by atoms with Crippen molar-refractivity contribution in [2.45, 2.75) is 88.5 Å². The number of ether oxygens (including phenoxy) is 3. The van der Waals surface area contributed by atoms with Gasteiger partial charge in [0.2, 0.25) is 5.91 Å². The number of hydrogen-bond donors (Lipinski definition) is 3. The first-order valence-corrected chi connectivity index (χ1v) is 13.8. The maximum atomic E-state index is 12.3. The molecule has 2 saturated carbocycles. The van der Waals surface area contributed by atoms with Gasteiger partial charge >= 0.3 is 0 Å². The maximum Gasteiger partial charge on any atom is 0.234 e. The second-order valence-electron chi connectivity index (χ2n) is 11.0. The Hall–Kier alpha value is -1.87. The van der Waals surface area contributed by atoms with E-state index in [4.69, 9.17) is 19.9 Å². The van der Waals surface area contributed by atoms with Gasteiger partial charge < -0.3 is 25.1 Å². The van der Waals surface area contributed by atoms with Crippen LogP contribution in [-0.2, 0) is 9.53 Å². The van der Waals surface area contributed by atoms with Crippen molar-refractivity contribution in [2.24, 2.45) is 11.7 Å². The fraction of sp³-hybridized carbons (Fsp3) is 0.750. The molecule has 8 nitrogen and oxygen atoms in total. The Balaban J connectivity index is 1.33. The monoisotopic (exact) mass is 503 g/mol. The molecular formula is C28H45N3O5. The molecule has 8 heteroatoms. The van der Waals surface area contributed by atoms with Crippen LogP contribution in [0.3, 0.4) is 0 Å². The van der Waals surface area contributed by atoms with Crippen LogP contribution in [0.1, 0.15) is 76.7 Å². The molecule has 1 heterocycles. The van der Waals surface area contributed by atoms with E-state index in [0.717, 1.165) is 43.1 Å². The molecule has 0 aromatic heterocycles. The molecule has 4 rings (SSSR count). The number of amides is 1. The van der Waals surface area contributed by atoms with Gasteiger partial charge in [-0.25, -0.2) is 0 Å². The highest BCUT2D eigenvalue weighted by Gasteiger charge is 2.72. The summed E-state index contributed by atoms with van der Waals surface area (Å²) in [6, 6.07) is 5.29. The third-order valence-corrected chi connectivity index (χ3v) is 8.51. The molecule has 1 aromatic rings. The highest BCUT2D eigenvalue weighted by Crippen LogP contribution is 2.66. The van der Waals surface area contributed by atoms with Crippen LogP contribution in [-0.4, -0.2) is 73.2 Å². The van der Waals surface area contributed by atoms with E-state index in [0.29, 0.717) is 32.0 Å². The van der Waals surface area contributed by atoms with Crippen molar-refractivity contribution >= 4 is 5.91 Å². The van der Waals surface area contributed by atoms with Crippen molar-refractivity contribution in [3.05, 3.63) is 23.8 Å². The second-order valence-corrected chi connectivity index (χ2v) is 11.0. The molecule has 0 spiro atoms. The number of likely N-dealkylation sites (N-methyl/N-ethyl adjacent to an activating group) is 1. The molecule has 2 fully saturated rings. The van der Waals surface area contributed by atoms with Crippen molar-refractivity contribution in [2.75, 3.05) is 40.0 Å². The van der Waals surface area contributed by atoms with E-state index < -0.39 is 23.3 Å². The largest absolute Gasteiger partial charge is 0.492 e. The van der Waals surface area contributed by atoms with Crippen LogP contribution in [0.4, 0.5) is 0 Å². The Morgan fingerprint density at radius 2 is 2.06 bits per heavy atom. The highest BCUT2D eigenvalue weighted by molar-refractivity contribution is 5.80. The molecule has 202 valence electrons. The van der Waals surface area contributed by atoms with Crippen LogP contribution >= 0.6 is 0 Å². The van der Waals surface area contributed by atoms with Gasteiger partial charge in [-0.05, 0) is 50.4 Å². The fourth-order valence-corrected chi connectivity index (χ4v) is 6.10. The van der Waals surface area contributed by atoms with E-state index in [1.165, 1.54) is 32.1 Å². The zero-order valence-corrected chi connectivity index (χ0v) is 22.3. The minimum absolute atomic E-state index is 0.0549. The Bertz CT molecular complexity index is 888. The summed E-state index contributed by atoms with van der Waals surface area (Å²) in [5.41, 5.74) is 4.63. The maximum absolute atomic E-state index is 12.3. The highest BCUT2D eigenvalue weighted by atomic mass is 16.5. The molecular weight excluding hydrogens is 458 g/mol. The van der Waals surface area contributed by atoms with Crippen molar-refractivity contribution in [1.82, 2.24) is 10.2 Å². The second kappa shape index (κ2) is 11.7. The lowest BCUT2D eigenvalue weighted by Crippen LogP contribution is -2.62. The van der Waals surface area contributed by atoms with Gasteiger partial charge in [0, 0.05) is 38.1 Å². The summed E-state index contributed by atoms with van der Waals surface area (Å²) in [4.78, 5) is 14.5. The lowest BCUT2D eigenvalue weighted by Gasteiger charge is -2.36. The number of hydrogen-bond acceptors (Lipinski definition) is 7. The first kappa shape index (κ1) is 27.2. The Morgan fingerprint density at radius 3 is 2.75 bits per heavy atom. The third-order valence-electron chi connectivity index (χ3n) is 8.51. The number of fused-ring (bicyclic) bond motifs is 3. The van der Waals surface area contributed by atoms with Gasteiger partial charge in [-0.2, -0.15) is 0 Å². The van der Waals surface area contributed by atoms with Gasteiger partial charge in [0.25, 0.3) is 0 Å². The van der Waals surface area contributed by atoms with E-state index in [2.05, 4.69) is 17.1 Å². The fourth-order valence-electron chi connectivity index (χ4n) is 6.10. The first-order chi connectivity index (χ1) is 17.3. The van der Waals surface area contributed by atoms with Gasteiger partial charge in [-0.15, -0.1) is 0 Å². The average molecular weight is 504 g/mol. The quantitative estimate of drug-likeness (QED) is 0.316. The van der Waals surface area contributed by atoms with Crippen LogP contribution in [0.15, 0.2) is 18.2 Å². The average Bonchev–Trinajstić information content (AvgIpc) is 3.52. The van der Waals surface area contributed by atoms with E-state index >= 15 is 0 Å². The molecule has 3 unspecified atom stereocenters. The lowest BCUT2D eigenvalue weighted by atomic mass is 9.85. The van der Waals surface area contributed by atoms with E-state index in [1.807, 2.05) is 18.2 Å². The summed E-state index contributed by atoms with van der Waals surface area (Å²) in [5.74, 6) is 1.86. The number of nitrogens with one attached hydrogen (secondary N) is 1. The minimum atomic E-state index is -1.38. The normalized spacial score (nSPS) is 25.5. The number of benzene rings is 1. The van der Waals surface area contributed by atoms with Crippen LogP contribution in [0, 0.1) is 5.92 Å². The first-order valence-electron chi connectivity index (χ1n) is 13.8. The van der Waals surface area contributed by atoms with E-state index in [9.17, 15) is 9.90 Å². The number of nitrogens with two attached hydrogens (primary N) is 1. The number of rotatable bonds is 15. The molecule has 3 aliphatic rings. The van der Waals surface area contributed by atoms with Gasteiger partial charge in [0.1, 0.15) is 18.1 Å². The molecule has 4 atom stereocenters. The van der Waals surface area contributed by atoms with Crippen molar-refractivity contribution in [3.63, 3.8) is 0 Å². The summed E-state index contributed by atoms with van der Waals surface area (Å²) >= 11 is 0. The minimum Gasteiger partial charge on any atom is -0.492 e. The van der Waals surface area contributed by atoms with Crippen LogP contribution in [0.25, 0.3) is 0 Å². The number of carbonyl (C=O) groups excluding carboxylic acids is 1. The third kappa shape index (κ3) is 5.98. The van der Waals surface area contributed by atoms with E-state index in [-0.39, 0.29) is 5.92 Å². The molecule has 0 saturated heterocycles. The zero-order chi connectivity index (χ0) is 25.8. The van der Waals surface area contributed by atoms with Crippen LogP contribution < -0.4 is 20.5 Å². The van der Waals surface area contributed by atoms with Gasteiger partial charge in [-0.1, -0.05) is 39.0 Å². The van der Waals surface area contributed by atoms with Crippen molar-refractivity contribution in [3.8, 4) is 11.5 Å². The number of carbonyl (C=O) groups is 1. The summed E-state index contributed by atoms with van der Waals surface area (Å²) in [7, 11) is 1.72. The van der Waals surface area contributed by atoms with Crippen molar-refractivity contribution in [1.29, 1.82) is 0 Å². The number of nitrogens with zero attached hydrogens (tertiary/aromatic N) is 1. The smallest absolute Gasteiger partial charge is 0.234 e. The summed E-state index contributed by atoms with van der Waals surface area (Å²) in [5, 5.41) is 14.7. The molecule has 4 N–H and O–H groups in total. The molecule has 0 bridgehead atoms. The predicted octanol–water partition coefficient (Wildman–Crippen LogP) is 3.16. The summed E-state index contributed by atoms with van der Waals surface area (Å²) in [6.07, 6.45) is 8.58. The number of aliphatic hydroxyl groups is 1. The molecule has 0 radical (unpaired) electrons. The SMILES string of the molecule is CCN(CCOC)CCOc1ccc2c(c1)C1CC1(C(C)(O)N[C@@H](CCC1CCCCC1)C(N)=O)O2.